The van der Waals surface area contributed by atoms with Crippen molar-refractivity contribution in [2.75, 3.05) is 0 Å². The molecule has 2 spiro atoms. The second-order valence-electron chi connectivity index (χ2n) is 12.7. The number of carbonyl (C=O) groups is 3. The molecule has 5 aliphatic rings. The van der Waals surface area contributed by atoms with E-state index in [1.807, 2.05) is 13.0 Å². The summed E-state index contributed by atoms with van der Waals surface area (Å²) in [6.45, 7) is 7.25. The van der Waals surface area contributed by atoms with Gasteiger partial charge in [-0.1, -0.05) is 32.0 Å². The zero-order valence-corrected chi connectivity index (χ0v) is 22.2. The minimum atomic E-state index is -0.808. The predicted molar refractivity (Wildman–Crippen MR) is 133 cm³/mol. The lowest BCUT2D eigenvalue weighted by Gasteiger charge is -2.61. The topological polar surface area (TPSA) is 102 Å². The third-order valence-electron chi connectivity index (χ3n) is 11.2. The molecule has 1 aliphatic heterocycles. The maximum atomic E-state index is 13.6. The smallest absolute Gasteiger partial charge is 0.338 e. The summed E-state index contributed by atoms with van der Waals surface area (Å²) >= 11 is 0. The van der Waals surface area contributed by atoms with Crippen molar-refractivity contribution in [3.8, 4) is 0 Å². The zero-order chi connectivity index (χ0) is 26.4. The first-order valence-electron chi connectivity index (χ1n) is 13.8. The summed E-state index contributed by atoms with van der Waals surface area (Å²) in [6.07, 6.45) is 3.36. The number of aliphatic hydroxyl groups is 1. The second-order valence-corrected chi connectivity index (χ2v) is 12.7. The second kappa shape index (κ2) is 8.12. The number of fused-ring (bicyclic) bond motifs is 2. The number of benzene rings is 1. The van der Waals surface area contributed by atoms with Gasteiger partial charge < -0.3 is 19.3 Å². The molecule has 0 unspecified atom stereocenters. The van der Waals surface area contributed by atoms with Crippen LogP contribution in [0.2, 0.25) is 0 Å². The van der Waals surface area contributed by atoms with Crippen LogP contribution in [-0.4, -0.2) is 52.3 Å². The molecule has 0 amide bonds. The number of carbonyl (C=O) groups excluding carboxylic acids is 3. The van der Waals surface area contributed by atoms with Crippen LogP contribution >= 0.6 is 0 Å². The highest BCUT2D eigenvalue weighted by Crippen LogP contribution is 2.81. The molecule has 37 heavy (non-hydrogen) atoms. The van der Waals surface area contributed by atoms with E-state index in [4.69, 9.17) is 14.2 Å². The molecule has 0 radical (unpaired) electrons. The molecule has 6 rings (SSSR count). The Morgan fingerprint density at radius 1 is 0.973 bits per heavy atom. The molecular weight excluding hydrogens is 472 g/mol. The van der Waals surface area contributed by atoms with E-state index in [-0.39, 0.29) is 35.1 Å². The molecule has 1 heterocycles. The van der Waals surface area contributed by atoms with Crippen molar-refractivity contribution in [2.24, 2.45) is 28.6 Å². The number of esters is 2. The Kier molecular flexibility index (Phi) is 5.50. The Bertz CT molecular complexity index is 1130. The number of ketones is 1. The van der Waals surface area contributed by atoms with Gasteiger partial charge in [0.15, 0.2) is 0 Å². The van der Waals surface area contributed by atoms with E-state index in [1.54, 1.807) is 31.2 Å². The van der Waals surface area contributed by atoms with Crippen LogP contribution in [0.4, 0.5) is 0 Å². The summed E-state index contributed by atoms with van der Waals surface area (Å²) in [6, 6.07) is 8.87. The Morgan fingerprint density at radius 2 is 1.70 bits per heavy atom. The number of rotatable bonds is 4. The molecule has 0 bridgehead atoms. The minimum Gasteiger partial charge on any atom is -0.458 e. The Morgan fingerprint density at radius 3 is 2.38 bits per heavy atom. The normalized spacial score (nSPS) is 47.5. The lowest BCUT2D eigenvalue weighted by molar-refractivity contribution is -0.213. The summed E-state index contributed by atoms with van der Waals surface area (Å²) in [5.74, 6) is -1.18. The molecular formula is C30H38O7. The highest BCUT2D eigenvalue weighted by atomic mass is 16.7. The third kappa shape index (κ3) is 3.16. The number of epoxide rings is 1. The van der Waals surface area contributed by atoms with Gasteiger partial charge in [0.25, 0.3) is 0 Å². The van der Waals surface area contributed by atoms with Crippen LogP contribution in [-0.2, 0) is 23.8 Å². The van der Waals surface area contributed by atoms with Crippen LogP contribution in [0.3, 0.4) is 0 Å². The number of ether oxygens (including phenoxy) is 3. The molecule has 1 aromatic carbocycles. The minimum absolute atomic E-state index is 0.0504. The number of hydrogen-bond donors (Lipinski definition) is 1. The molecule has 5 fully saturated rings. The maximum Gasteiger partial charge on any atom is 0.338 e. The third-order valence-corrected chi connectivity index (χ3v) is 11.2. The largest absolute Gasteiger partial charge is 0.458 e. The van der Waals surface area contributed by atoms with Gasteiger partial charge in [0.1, 0.15) is 29.2 Å². The molecule has 1 aromatic rings. The Hall–Kier alpha value is -2.25. The van der Waals surface area contributed by atoms with Gasteiger partial charge in [-0.15, -0.1) is 0 Å². The van der Waals surface area contributed by atoms with E-state index >= 15 is 0 Å². The van der Waals surface area contributed by atoms with E-state index in [2.05, 4.69) is 6.92 Å². The van der Waals surface area contributed by atoms with Gasteiger partial charge in [0, 0.05) is 24.2 Å². The lowest BCUT2D eigenvalue weighted by atomic mass is 9.43. The van der Waals surface area contributed by atoms with E-state index in [1.165, 1.54) is 6.92 Å². The van der Waals surface area contributed by atoms with Crippen LogP contribution in [0.25, 0.3) is 0 Å². The van der Waals surface area contributed by atoms with E-state index < -0.39 is 40.8 Å². The van der Waals surface area contributed by atoms with Gasteiger partial charge in [0.05, 0.1) is 11.7 Å². The van der Waals surface area contributed by atoms with Gasteiger partial charge in [-0.3, -0.25) is 9.59 Å². The fourth-order valence-corrected chi connectivity index (χ4v) is 9.69. The van der Waals surface area contributed by atoms with E-state index in [0.717, 1.165) is 25.7 Å². The molecule has 1 saturated heterocycles. The monoisotopic (exact) mass is 510 g/mol. The van der Waals surface area contributed by atoms with Gasteiger partial charge in [-0.05, 0) is 75.3 Å². The van der Waals surface area contributed by atoms with Crippen molar-refractivity contribution in [3.05, 3.63) is 35.9 Å². The van der Waals surface area contributed by atoms with E-state index in [0.29, 0.717) is 24.8 Å². The highest BCUT2D eigenvalue weighted by Gasteiger charge is 2.91. The Balaban J connectivity index is 1.52. The fourth-order valence-electron chi connectivity index (χ4n) is 9.69. The zero-order valence-electron chi connectivity index (χ0n) is 22.2. The number of aliphatic hydroxyl groups excluding tert-OH is 1. The quantitative estimate of drug-likeness (QED) is 0.477. The van der Waals surface area contributed by atoms with Gasteiger partial charge >= 0.3 is 11.9 Å². The van der Waals surface area contributed by atoms with Crippen molar-refractivity contribution in [1.82, 2.24) is 0 Å². The average Bonchev–Trinajstić information content (AvgIpc) is 3.40. The van der Waals surface area contributed by atoms with Crippen molar-refractivity contribution >= 4 is 17.7 Å². The van der Waals surface area contributed by atoms with Crippen molar-refractivity contribution in [2.45, 2.75) is 102 Å². The lowest BCUT2D eigenvalue weighted by Crippen LogP contribution is -2.70. The van der Waals surface area contributed by atoms with Crippen molar-refractivity contribution < 1.29 is 33.7 Å². The molecule has 4 aliphatic carbocycles. The summed E-state index contributed by atoms with van der Waals surface area (Å²) in [5, 5.41) is 10.5. The molecule has 7 nitrogen and oxygen atoms in total. The summed E-state index contributed by atoms with van der Waals surface area (Å²) < 4.78 is 19.5. The molecule has 10 atom stereocenters. The average molecular weight is 511 g/mol. The molecule has 4 saturated carbocycles. The number of Topliss-reactive ketones (excluding diaryl/α,β-unsaturated/α-hetero) is 1. The first-order valence-corrected chi connectivity index (χ1v) is 13.8. The number of hydrogen-bond acceptors (Lipinski definition) is 7. The molecule has 7 heteroatoms. The summed E-state index contributed by atoms with van der Waals surface area (Å²) in [5.41, 5.74) is -1.78. The van der Waals surface area contributed by atoms with Crippen LogP contribution in [0.5, 0.6) is 0 Å². The standard InChI is InChI=1S/C30H38O7/c1-17(31)22-12-15-30-28(22,4)25(35-18(2)32)23(36-26(34)19-8-6-5-7-9-19)24-27(3)13-11-21(33)16-20(27)10-14-29(24,30)37-30/h5-9,20-25,33H,10-16H2,1-4H3/t20-,21-,22-,23-,24+,25+,27-,28-,29-,30+/m0/s1. The summed E-state index contributed by atoms with van der Waals surface area (Å²) in [7, 11) is 0. The van der Waals surface area contributed by atoms with Crippen LogP contribution in [0, 0.1) is 28.6 Å². The maximum absolute atomic E-state index is 13.6. The SMILES string of the molecule is CC(=O)O[C@@H]1[C@@H](OC(=O)c2ccccc2)[C@@H]2[C@@]3(C)CC[C@H](O)C[C@@H]3CC[C@]23O[C@@]32CC[C@@H](C(C)=O)[C@@]12C. The first-order chi connectivity index (χ1) is 17.5. The molecule has 200 valence electrons. The van der Waals surface area contributed by atoms with Crippen molar-refractivity contribution in [3.63, 3.8) is 0 Å². The first kappa shape index (κ1) is 25.1. The molecule has 1 N–H and O–H groups in total. The van der Waals surface area contributed by atoms with Crippen LogP contribution < -0.4 is 0 Å². The van der Waals surface area contributed by atoms with E-state index in [9.17, 15) is 19.5 Å². The highest BCUT2D eigenvalue weighted by molar-refractivity contribution is 5.89. The van der Waals surface area contributed by atoms with Crippen LogP contribution in [0.1, 0.15) is 83.0 Å². The summed E-state index contributed by atoms with van der Waals surface area (Å²) in [4.78, 5) is 39.1. The van der Waals surface area contributed by atoms with Crippen molar-refractivity contribution in [1.29, 1.82) is 0 Å². The fraction of sp³-hybridized carbons (Fsp3) is 0.700. The molecule has 0 aromatic heterocycles. The van der Waals surface area contributed by atoms with Crippen LogP contribution in [0.15, 0.2) is 30.3 Å². The predicted octanol–water partition coefficient (Wildman–Crippen LogP) is 4.25. The Labute approximate surface area is 218 Å². The van der Waals surface area contributed by atoms with Gasteiger partial charge in [-0.25, -0.2) is 4.79 Å². The van der Waals surface area contributed by atoms with Gasteiger partial charge in [0.2, 0.25) is 0 Å². The van der Waals surface area contributed by atoms with Gasteiger partial charge in [-0.2, -0.15) is 0 Å².